The van der Waals surface area contributed by atoms with E-state index >= 15 is 0 Å². The van der Waals surface area contributed by atoms with E-state index in [1.54, 1.807) is 0 Å². The topological polar surface area (TPSA) is 103 Å². The Hall–Kier alpha value is -1.45. The van der Waals surface area contributed by atoms with Crippen LogP contribution in [0.5, 0.6) is 5.75 Å². The van der Waals surface area contributed by atoms with Crippen LogP contribution in [0.3, 0.4) is 0 Å². The Balaban J connectivity index is 1.52. The molecule has 3 rings (SSSR count). The molecule has 0 aliphatic heterocycles. The third-order valence-corrected chi connectivity index (χ3v) is 7.43. The van der Waals surface area contributed by atoms with Crippen molar-refractivity contribution in [3.63, 3.8) is 0 Å². The first-order valence-electron chi connectivity index (χ1n) is 10.7. The Bertz CT molecular complexity index is 1120. The first-order valence-corrected chi connectivity index (χ1v) is 14.2. The number of hydrogen-bond donors (Lipinski definition) is 2. The molecule has 0 radical (unpaired) electrons. The lowest BCUT2D eigenvalue weighted by atomic mass is 10.2. The fraction of sp³-hybridized carbons (Fsp3) is 0.364. The Morgan fingerprint density at radius 2 is 1.82 bits per heavy atom. The van der Waals surface area contributed by atoms with Crippen molar-refractivity contribution >= 4 is 69.2 Å². The predicted molar refractivity (Wildman–Crippen MR) is 142 cm³/mol. The third kappa shape index (κ3) is 8.05. The Kier molecular flexibility index (Phi) is 10.8. The summed E-state index contributed by atoms with van der Waals surface area (Å²) < 4.78 is 26.4. The maximum absolute atomic E-state index is 12.6. The molecule has 0 aliphatic rings. The number of rotatable bonds is 14. The van der Waals surface area contributed by atoms with Crippen LogP contribution in [-0.4, -0.2) is 52.7 Å². The van der Waals surface area contributed by atoms with Gasteiger partial charge in [0.15, 0.2) is 0 Å². The summed E-state index contributed by atoms with van der Waals surface area (Å²) in [4.78, 5) is 8.72. The fourth-order valence-electron chi connectivity index (χ4n) is 3.18. The molecule has 1 unspecified atom stereocenters. The predicted octanol–water partition coefficient (Wildman–Crippen LogP) is 6.16. The molecule has 184 valence electrons. The summed E-state index contributed by atoms with van der Waals surface area (Å²) in [6, 6.07) is 13.5. The number of nitrogens with two attached hydrogens (primary N) is 1. The smallest absolute Gasteiger partial charge is 0.340 e. The van der Waals surface area contributed by atoms with Crippen LogP contribution >= 0.6 is 46.8 Å². The standard InChI is InChI=1S/C22H27BrCl2N5O3P/c23-17-4-3-5-18(14-17)29-22-20-15-19(6-7-21(20)27-16-28-22)32-12-1-2-13-33-34(26,31)30(10-8-24)11-9-25/h3-7,14-16H,1-2,8-13H2,(H2,26,31)(H,27,28,29). The highest BCUT2D eigenvalue weighted by atomic mass is 79.9. The highest BCUT2D eigenvalue weighted by molar-refractivity contribution is 9.10. The maximum Gasteiger partial charge on any atom is 0.340 e. The molecule has 3 aromatic rings. The molecular weight excluding hydrogens is 564 g/mol. The molecule has 34 heavy (non-hydrogen) atoms. The number of anilines is 2. The Morgan fingerprint density at radius 3 is 2.56 bits per heavy atom. The second-order valence-corrected chi connectivity index (χ2v) is 10.9. The first kappa shape index (κ1) is 27.1. The summed E-state index contributed by atoms with van der Waals surface area (Å²) in [5, 5.41) is 4.18. The van der Waals surface area contributed by atoms with Crippen LogP contribution in [0, 0.1) is 0 Å². The van der Waals surface area contributed by atoms with E-state index in [0.29, 0.717) is 55.9 Å². The number of nitrogens with one attached hydrogen (secondary N) is 1. The minimum Gasteiger partial charge on any atom is -0.494 e. The lowest BCUT2D eigenvalue weighted by Gasteiger charge is -2.26. The molecule has 0 aliphatic carbocycles. The van der Waals surface area contributed by atoms with Crippen molar-refractivity contribution in [3.8, 4) is 5.75 Å². The molecule has 3 N–H and O–H groups in total. The minimum absolute atomic E-state index is 0.254. The van der Waals surface area contributed by atoms with Crippen LogP contribution < -0.4 is 15.6 Å². The zero-order valence-corrected chi connectivity index (χ0v) is 22.5. The van der Waals surface area contributed by atoms with Crippen LogP contribution in [-0.2, 0) is 9.09 Å². The number of halogens is 3. The molecule has 0 amide bonds. The highest BCUT2D eigenvalue weighted by Gasteiger charge is 2.26. The van der Waals surface area contributed by atoms with Gasteiger partial charge in [0.25, 0.3) is 0 Å². The molecule has 1 heterocycles. The van der Waals surface area contributed by atoms with Gasteiger partial charge in [-0.3, -0.25) is 4.57 Å². The van der Waals surface area contributed by atoms with Gasteiger partial charge in [-0.25, -0.2) is 20.1 Å². The molecule has 12 heteroatoms. The van der Waals surface area contributed by atoms with Crippen LogP contribution in [0.4, 0.5) is 11.5 Å². The van der Waals surface area contributed by atoms with E-state index in [1.165, 1.54) is 11.0 Å². The largest absolute Gasteiger partial charge is 0.494 e. The van der Waals surface area contributed by atoms with Crippen LogP contribution in [0.2, 0.25) is 0 Å². The van der Waals surface area contributed by atoms with Crippen LogP contribution in [0.25, 0.3) is 10.9 Å². The van der Waals surface area contributed by atoms with Gasteiger partial charge in [-0.15, -0.1) is 23.2 Å². The average Bonchev–Trinajstić information content (AvgIpc) is 2.81. The molecule has 0 saturated heterocycles. The zero-order chi connectivity index (χ0) is 24.4. The van der Waals surface area contributed by atoms with Gasteiger partial charge < -0.3 is 14.6 Å². The summed E-state index contributed by atoms with van der Waals surface area (Å²) in [6.07, 6.45) is 2.88. The number of hydrogen-bond acceptors (Lipinski definition) is 6. The SMILES string of the molecule is NP(=O)(OCCCCOc1ccc2ncnc(Nc3cccc(Br)c3)c2c1)N(CCCl)CCCl. The summed E-state index contributed by atoms with van der Waals surface area (Å²) in [6.45, 7) is 1.44. The van der Waals surface area contributed by atoms with Gasteiger partial charge in [-0.05, 0) is 49.2 Å². The number of unbranched alkanes of at least 4 members (excludes halogenated alkanes) is 1. The molecule has 0 bridgehead atoms. The van der Waals surface area contributed by atoms with Crippen molar-refractivity contribution in [2.45, 2.75) is 12.8 Å². The van der Waals surface area contributed by atoms with Gasteiger partial charge >= 0.3 is 7.67 Å². The normalized spacial score (nSPS) is 13.2. The van der Waals surface area contributed by atoms with Crippen molar-refractivity contribution in [3.05, 3.63) is 53.3 Å². The van der Waals surface area contributed by atoms with Gasteiger partial charge in [-0.2, -0.15) is 0 Å². The number of aromatic nitrogens is 2. The van der Waals surface area contributed by atoms with Gasteiger partial charge in [0.2, 0.25) is 0 Å². The van der Waals surface area contributed by atoms with E-state index in [2.05, 4.69) is 31.2 Å². The summed E-state index contributed by atoms with van der Waals surface area (Å²) >= 11 is 15.0. The van der Waals surface area contributed by atoms with Crippen molar-refractivity contribution in [2.75, 3.05) is 43.4 Å². The molecule has 1 aromatic heterocycles. The summed E-state index contributed by atoms with van der Waals surface area (Å²) in [7, 11) is -3.41. The van der Waals surface area contributed by atoms with Gasteiger partial charge in [0, 0.05) is 40.4 Å². The molecule has 1 atom stereocenters. The summed E-state index contributed by atoms with van der Waals surface area (Å²) in [5.41, 5.74) is 7.58. The van der Waals surface area contributed by atoms with Crippen molar-refractivity contribution < 1.29 is 13.8 Å². The third-order valence-electron chi connectivity index (χ3n) is 4.86. The monoisotopic (exact) mass is 589 g/mol. The van der Waals surface area contributed by atoms with E-state index < -0.39 is 7.67 Å². The maximum atomic E-state index is 12.6. The fourth-order valence-corrected chi connectivity index (χ4v) is 5.54. The van der Waals surface area contributed by atoms with Crippen LogP contribution in [0.15, 0.2) is 53.3 Å². The summed E-state index contributed by atoms with van der Waals surface area (Å²) in [5.74, 6) is 2.00. The second kappa shape index (κ2) is 13.6. The Labute approximate surface area is 217 Å². The molecule has 0 fully saturated rings. The minimum atomic E-state index is -3.41. The molecular formula is C22H27BrCl2N5O3P. The van der Waals surface area contributed by atoms with Crippen molar-refractivity contribution in [1.29, 1.82) is 0 Å². The highest BCUT2D eigenvalue weighted by Crippen LogP contribution is 2.42. The van der Waals surface area contributed by atoms with Gasteiger partial charge in [0.1, 0.15) is 17.9 Å². The van der Waals surface area contributed by atoms with E-state index in [0.717, 1.165) is 21.1 Å². The van der Waals surface area contributed by atoms with E-state index in [-0.39, 0.29) is 6.61 Å². The number of nitrogens with zero attached hydrogens (tertiary/aromatic N) is 3. The first-order chi connectivity index (χ1) is 16.4. The zero-order valence-electron chi connectivity index (χ0n) is 18.5. The number of ether oxygens (including phenoxy) is 1. The number of benzene rings is 2. The number of fused-ring (bicyclic) bond motifs is 1. The number of alkyl halides is 2. The van der Waals surface area contributed by atoms with Gasteiger partial charge in [0.05, 0.1) is 18.7 Å². The van der Waals surface area contributed by atoms with E-state index in [1.807, 2.05) is 42.5 Å². The van der Waals surface area contributed by atoms with Crippen LogP contribution in [0.1, 0.15) is 12.8 Å². The molecule has 2 aromatic carbocycles. The lowest BCUT2D eigenvalue weighted by molar-refractivity contribution is 0.243. The molecule has 0 spiro atoms. The average molecular weight is 591 g/mol. The molecule has 8 nitrogen and oxygen atoms in total. The molecule has 0 saturated carbocycles. The van der Waals surface area contributed by atoms with Gasteiger partial charge in [-0.1, -0.05) is 22.0 Å². The Morgan fingerprint density at radius 1 is 1.06 bits per heavy atom. The van der Waals surface area contributed by atoms with E-state index in [9.17, 15) is 4.57 Å². The van der Waals surface area contributed by atoms with E-state index in [4.69, 9.17) is 38.0 Å². The second-order valence-electron chi connectivity index (χ2n) is 7.32. The van der Waals surface area contributed by atoms with Crippen molar-refractivity contribution in [2.24, 2.45) is 5.50 Å². The lowest BCUT2D eigenvalue weighted by Crippen LogP contribution is -2.29. The quantitative estimate of drug-likeness (QED) is 0.131. The van der Waals surface area contributed by atoms with Crippen molar-refractivity contribution in [1.82, 2.24) is 14.6 Å².